The molecule has 2 amide bonds. The van der Waals surface area contributed by atoms with E-state index in [1.807, 2.05) is 6.92 Å². The number of thiocarbonyl (C=S) groups is 1. The number of anilines is 1. The molecule has 7 heteroatoms. The average molecular weight is 308 g/mol. The number of hydrogen-bond acceptors (Lipinski definition) is 4. The van der Waals surface area contributed by atoms with Crippen molar-refractivity contribution in [3.8, 4) is 0 Å². The normalized spacial score (nSPS) is 12.0. The van der Waals surface area contributed by atoms with Gasteiger partial charge < -0.3 is 16.8 Å². The Hall–Kier alpha value is -1.99. The second-order valence-electron chi connectivity index (χ2n) is 4.64. The molecule has 0 saturated carbocycles. The maximum Gasteiger partial charge on any atom is 0.241 e. The minimum atomic E-state index is -0.461. The Bertz CT molecular complexity index is 530. The monoisotopic (exact) mass is 308 g/mol. The van der Waals surface area contributed by atoms with Gasteiger partial charge in [-0.3, -0.25) is 14.5 Å². The Labute approximate surface area is 129 Å². The summed E-state index contributed by atoms with van der Waals surface area (Å²) in [5, 5.41) is 2.78. The van der Waals surface area contributed by atoms with Gasteiger partial charge in [0.25, 0.3) is 0 Å². The van der Waals surface area contributed by atoms with Crippen LogP contribution in [0, 0.1) is 0 Å². The second kappa shape index (κ2) is 7.70. The minimum absolute atomic E-state index is 0.0471. The number of amides is 2. The summed E-state index contributed by atoms with van der Waals surface area (Å²) in [4.78, 5) is 25.1. The molecule has 0 aromatic heterocycles. The first-order valence-corrected chi connectivity index (χ1v) is 6.99. The molecule has 5 N–H and O–H groups in total. The van der Waals surface area contributed by atoms with E-state index in [-0.39, 0.29) is 12.5 Å². The van der Waals surface area contributed by atoms with Crippen LogP contribution in [0.15, 0.2) is 24.3 Å². The molecule has 0 aliphatic rings. The van der Waals surface area contributed by atoms with Gasteiger partial charge in [-0.15, -0.1) is 0 Å². The lowest BCUT2D eigenvalue weighted by Crippen LogP contribution is -2.45. The zero-order valence-electron chi connectivity index (χ0n) is 12.1. The van der Waals surface area contributed by atoms with Crippen LogP contribution in [-0.4, -0.2) is 40.8 Å². The summed E-state index contributed by atoms with van der Waals surface area (Å²) < 4.78 is 0. The first kappa shape index (κ1) is 17.1. The molecule has 0 radical (unpaired) electrons. The lowest BCUT2D eigenvalue weighted by atomic mass is 10.2. The van der Waals surface area contributed by atoms with Gasteiger partial charge >= 0.3 is 0 Å². The molecule has 0 bridgehead atoms. The summed E-state index contributed by atoms with van der Waals surface area (Å²) >= 11 is 4.86. The molecule has 114 valence electrons. The Morgan fingerprint density at radius 2 is 1.86 bits per heavy atom. The molecule has 1 rings (SSSR count). The third kappa shape index (κ3) is 5.13. The van der Waals surface area contributed by atoms with Crippen molar-refractivity contribution in [3.63, 3.8) is 0 Å². The maximum absolute atomic E-state index is 12.2. The summed E-state index contributed by atoms with van der Waals surface area (Å²) in [6.45, 7) is 4.19. The number of carbonyl (C=O) groups excluding carboxylic acids is 2. The summed E-state index contributed by atoms with van der Waals surface area (Å²) in [6.07, 6.45) is 0. The van der Waals surface area contributed by atoms with Crippen molar-refractivity contribution >= 4 is 34.7 Å². The van der Waals surface area contributed by atoms with Gasteiger partial charge in [0.2, 0.25) is 11.8 Å². The van der Waals surface area contributed by atoms with Crippen molar-refractivity contribution in [1.29, 1.82) is 0 Å². The molecule has 21 heavy (non-hydrogen) atoms. The van der Waals surface area contributed by atoms with Crippen molar-refractivity contribution < 1.29 is 9.59 Å². The van der Waals surface area contributed by atoms with Crippen molar-refractivity contribution in [3.05, 3.63) is 29.8 Å². The van der Waals surface area contributed by atoms with Crippen molar-refractivity contribution in [2.75, 3.05) is 18.4 Å². The maximum atomic E-state index is 12.2. The quantitative estimate of drug-likeness (QED) is 0.635. The number of nitrogens with zero attached hydrogens (tertiary/aromatic N) is 1. The first-order chi connectivity index (χ1) is 9.85. The second-order valence-corrected chi connectivity index (χ2v) is 5.08. The lowest BCUT2D eigenvalue weighted by Gasteiger charge is -2.25. The van der Waals surface area contributed by atoms with Gasteiger partial charge in [-0.25, -0.2) is 0 Å². The van der Waals surface area contributed by atoms with E-state index in [1.54, 1.807) is 36.1 Å². The van der Waals surface area contributed by atoms with Gasteiger partial charge in [-0.2, -0.15) is 0 Å². The standard InChI is InChI=1S/C14H20N4O2S/c1-3-18(8-12(15)19)9(2)14(20)17-11-6-4-10(5-7-11)13(16)21/h4-7,9H,3,8H2,1-2H3,(H2,15,19)(H2,16,21)(H,17,20). The fraction of sp³-hybridized carbons (Fsp3) is 0.357. The molecule has 0 aliphatic heterocycles. The van der Waals surface area contributed by atoms with Crippen LogP contribution < -0.4 is 16.8 Å². The topological polar surface area (TPSA) is 101 Å². The van der Waals surface area contributed by atoms with Crippen LogP contribution in [0.5, 0.6) is 0 Å². The predicted molar refractivity (Wildman–Crippen MR) is 86.9 cm³/mol. The number of carbonyl (C=O) groups is 2. The highest BCUT2D eigenvalue weighted by Crippen LogP contribution is 2.11. The predicted octanol–water partition coefficient (Wildman–Crippen LogP) is 0.455. The lowest BCUT2D eigenvalue weighted by molar-refractivity contribution is -0.123. The van der Waals surface area contributed by atoms with Crippen LogP contribution in [0.25, 0.3) is 0 Å². The fourth-order valence-corrected chi connectivity index (χ4v) is 1.99. The van der Waals surface area contributed by atoms with Crippen LogP contribution in [0.1, 0.15) is 19.4 Å². The highest BCUT2D eigenvalue weighted by molar-refractivity contribution is 7.80. The van der Waals surface area contributed by atoms with E-state index >= 15 is 0 Å². The molecule has 1 aromatic rings. The third-order valence-electron chi connectivity index (χ3n) is 3.13. The summed E-state index contributed by atoms with van der Waals surface area (Å²) in [6, 6.07) is 6.47. The number of nitrogens with one attached hydrogen (secondary N) is 1. The highest BCUT2D eigenvalue weighted by Gasteiger charge is 2.21. The molecular formula is C14H20N4O2S. The highest BCUT2D eigenvalue weighted by atomic mass is 32.1. The Balaban J connectivity index is 2.70. The van der Waals surface area contributed by atoms with Crippen molar-refractivity contribution in [2.45, 2.75) is 19.9 Å². The number of likely N-dealkylation sites (N-methyl/N-ethyl adjacent to an activating group) is 1. The van der Waals surface area contributed by atoms with Gasteiger partial charge in [-0.1, -0.05) is 19.1 Å². The van der Waals surface area contributed by atoms with E-state index in [9.17, 15) is 9.59 Å². The SMILES string of the molecule is CCN(CC(N)=O)C(C)C(=O)Nc1ccc(C(N)=S)cc1. The molecule has 1 atom stereocenters. The number of rotatable bonds is 7. The molecule has 1 aromatic carbocycles. The largest absolute Gasteiger partial charge is 0.389 e. The first-order valence-electron chi connectivity index (χ1n) is 6.58. The van der Waals surface area contributed by atoms with Crippen molar-refractivity contribution in [1.82, 2.24) is 4.90 Å². The molecule has 0 spiro atoms. The Morgan fingerprint density at radius 3 is 2.29 bits per heavy atom. The van der Waals surface area contributed by atoms with Crippen molar-refractivity contribution in [2.24, 2.45) is 11.5 Å². The van der Waals surface area contributed by atoms with E-state index in [0.717, 1.165) is 5.56 Å². The molecular weight excluding hydrogens is 288 g/mol. The summed E-state index contributed by atoms with van der Waals surface area (Å²) in [5.41, 5.74) is 12.1. The number of primary amides is 1. The van der Waals surface area contributed by atoms with Gasteiger partial charge in [0.1, 0.15) is 4.99 Å². The van der Waals surface area contributed by atoms with E-state index in [4.69, 9.17) is 23.7 Å². The molecule has 1 unspecified atom stereocenters. The van der Waals surface area contributed by atoms with Gasteiger partial charge in [-0.05, 0) is 37.7 Å². The summed E-state index contributed by atoms with van der Waals surface area (Å²) in [7, 11) is 0. The fourth-order valence-electron chi connectivity index (χ4n) is 1.85. The number of benzene rings is 1. The number of nitrogens with two attached hydrogens (primary N) is 2. The van der Waals surface area contributed by atoms with Gasteiger partial charge in [0.15, 0.2) is 0 Å². The van der Waals surface area contributed by atoms with Crippen LogP contribution in [0.4, 0.5) is 5.69 Å². The van der Waals surface area contributed by atoms with E-state index in [0.29, 0.717) is 17.2 Å². The van der Waals surface area contributed by atoms with Crippen LogP contribution >= 0.6 is 12.2 Å². The van der Waals surface area contributed by atoms with E-state index in [1.165, 1.54) is 0 Å². The smallest absolute Gasteiger partial charge is 0.241 e. The minimum Gasteiger partial charge on any atom is -0.389 e. The molecule has 6 nitrogen and oxygen atoms in total. The van der Waals surface area contributed by atoms with Crippen LogP contribution in [0.2, 0.25) is 0 Å². The molecule has 0 heterocycles. The molecule has 0 aliphatic carbocycles. The van der Waals surface area contributed by atoms with E-state index in [2.05, 4.69) is 5.32 Å². The molecule has 0 saturated heterocycles. The Kier molecular flexibility index (Phi) is 6.26. The van der Waals surface area contributed by atoms with Crippen LogP contribution in [-0.2, 0) is 9.59 Å². The molecule has 0 fully saturated rings. The average Bonchev–Trinajstić information content (AvgIpc) is 2.44. The zero-order chi connectivity index (χ0) is 16.0. The van der Waals surface area contributed by atoms with Gasteiger partial charge in [0.05, 0.1) is 12.6 Å². The zero-order valence-corrected chi connectivity index (χ0v) is 12.9. The Morgan fingerprint density at radius 1 is 1.29 bits per heavy atom. The van der Waals surface area contributed by atoms with E-state index < -0.39 is 11.9 Å². The van der Waals surface area contributed by atoms with Crippen LogP contribution in [0.3, 0.4) is 0 Å². The number of hydrogen-bond donors (Lipinski definition) is 3. The van der Waals surface area contributed by atoms with Gasteiger partial charge in [0, 0.05) is 11.3 Å². The third-order valence-corrected chi connectivity index (χ3v) is 3.36. The summed E-state index contributed by atoms with van der Waals surface area (Å²) in [5.74, 6) is -0.668.